The lowest BCUT2D eigenvalue weighted by molar-refractivity contribution is 0.416. The average molecular weight is 266 g/mol. The second-order valence-electron chi connectivity index (χ2n) is 6.48. The molecule has 0 atom stereocenters. The van der Waals surface area contributed by atoms with Crippen molar-refractivity contribution in [2.45, 2.75) is 38.3 Å². The van der Waals surface area contributed by atoms with E-state index in [1.54, 1.807) is 0 Å². The first-order valence-electron chi connectivity index (χ1n) is 7.82. The summed E-state index contributed by atoms with van der Waals surface area (Å²) in [5, 5.41) is 6.30. The zero-order chi connectivity index (χ0) is 13.5. The number of benzene rings is 2. The Morgan fingerprint density at radius 2 is 1.60 bits per heavy atom. The average Bonchev–Trinajstić information content (AvgIpc) is 3.33. The molecule has 0 saturated heterocycles. The first-order chi connectivity index (χ1) is 9.81. The quantitative estimate of drug-likeness (QED) is 0.810. The molecule has 2 heteroatoms. The smallest absolute Gasteiger partial charge is 0.0366 e. The number of anilines is 1. The van der Waals surface area contributed by atoms with E-state index in [9.17, 15) is 0 Å². The highest BCUT2D eigenvalue weighted by molar-refractivity contribution is 5.86. The summed E-state index contributed by atoms with van der Waals surface area (Å²) >= 11 is 0. The zero-order valence-electron chi connectivity index (χ0n) is 11.8. The van der Waals surface area contributed by atoms with Crippen molar-refractivity contribution < 1.29 is 0 Å². The largest absolute Gasteiger partial charge is 0.398 e. The molecule has 2 aromatic carbocycles. The standard InChI is InChI=1S/C18H22N2/c19-17-10-15-4-2-1-3-14(15)9-16(17)11-20-18(12-5-6-12)13-7-8-13/h1-4,9-10,12-13,18,20H,5-8,11,19H2. The van der Waals surface area contributed by atoms with Crippen molar-refractivity contribution in [3.8, 4) is 0 Å². The summed E-state index contributed by atoms with van der Waals surface area (Å²) in [6, 6.07) is 13.5. The number of hydrogen-bond donors (Lipinski definition) is 2. The molecule has 20 heavy (non-hydrogen) atoms. The van der Waals surface area contributed by atoms with E-state index in [4.69, 9.17) is 5.73 Å². The van der Waals surface area contributed by atoms with E-state index in [0.717, 1.165) is 30.1 Å². The van der Waals surface area contributed by atoms with Crippen molar-refractivity contribution in [2.24, 2.45) is 11.8 Å². The van der Waals surface area contributed by atoms with Gasteiger partial charge in [0.15, 0.2) is 0 Å². The molecule has 0 heterocycles. The van der Waals surface area contributed by atoms with E-state index in [1.807, 2.05) is 0 Å². The molecule has 0 spiro atoms. The van der Waals surface area contributed by atoms with Crippen LogP contribution in [0.25, 0.3) is 10.8 Å². The molecule has 0 radical (unpaired) electrons. The molecule has 2 fully saturated rings. The van der Waals surface area contributed by atoms with Crippen LogP contribution in [0.1, 0.15) is 31.2 Å². The van der Waals surface area contributed by atoms with Gasteiger partial charge in [0.2, 0.25) is 0 Å². The van der Waals surface area contributed by atoms with Gasteiger partial charge in [0, 0.05) is 18.3 Å². The van der Waals surface area contributed by atoms with Gasteiger partial charge in [0.25, 0.3) is 0 Å². The molecular weight excluding hydrogens is 244 g/mol. The summed E-state index contributed by atoms with van der Waals surface area (Å²) in [6.45, 7) is 0.911. The van der Waals surface area contributed by atoms with Gasteiger partial charge < -0.3 is 11.1 Å². The maximum Gasteiger partial charge on any atom is 0.0366 e. The fourth-order valence-corrected chi connectivity index (χ4v) is 3.31. The monoisotopic (exact) mass is 266 g/mol. The summed E-state index contributed by atoms with van der Waals surface area (Å²) in [5.74, 6) is 1.87. The van der Waals surface area contributed by atoms with Crippen LogP contribution in [0.2, 0.25) is 0 Å². The number of hydrogen-bond acceptors (Lipinski definition) is 2. The third-order valence-corrected chi connectivity index (χ3v) is 4.80. The molecule has 0 bridgehead atoms. The van der Waals surface area contributed by atoms with Crippen LogP contribution in [0.15, 0.2) is 36.4 Å². The van der Waals surface area contributed by atoms with Crippen molar-refractivity contribution in [1.82, 2.24) is 5.32 Å². The molecule has 2 aliphatic carbocycles. The first-order valence-corrected chi connectivity index (χ1v) is 7.82. The lowest BCUT2D eigenvalue weighted by Crippen LogP contribution is -2.32. The molecule has 3 N–H and O–H groups in total. The van der Waals surface area contributed by atoms with Gasteiger partial charge in [0.05, 0.1) is 0 Å². The first kappa shape index (κ1) is 12.2. The molecule has 2 nitrogen and oxygen atoms in total. The minimum Gasteiger partial charge on any atom is -0.398 e. The topological polar surface area (TPSA) is 38.0 Å². The number of nitrogen functional groups attached to an aromatic ring is 1. The molecule has 2 saturated carbocycles. The Bertz CT molecular complexity index is 614. The number of nitrogens with two attached hydrogens (primary N) is 1. The van der Waals surface area contributed by atoms with Gasteiger partial charge >= 0.3 is 0 Å². The van der Waals surface area contributed by atoms with Crippen molar-refractivity contribution >= 4 is 16.5 Å². The number of rotatable bonds is 5. The summed E-state index contributed by atoms with van der Waals surface area (Å²) in [6.07, 6.45) is 5.67. The maximum absolute atomic E-state index is 6.22. The predicted molar refractivity (Wildman–Crippen MR) is 84.4 cm³/mol. The van der Waals surface area contributed by atoms with Crippen molar-refractivity contribution in [3.63, 3.8) is 0 Å². The highest BCUT2D eigenvalue weighted by Gasteiger charge is 2.40. The molecule has 0 aliphatic heterocycles. The van der Waals surface area contributed by atoms with Crippen LogP contribution in [0.5, 0.6) is 0 Å². The lowest BCUT2D eigenvalue weighted by Gasteiger charge is -2.18. The van der Waals surface area contributed by atoms with Gasteiger partial charge in [0.1, 0.15) is 0 Å². The molecule has 2 aromatic rings. The van der Waals surface area contributed by atoms with Crippen LogP contribution < -0.4 is 11.1 Å². The van der Waals surface area contributed by atoms with E-state index in [0.29, 0.717) is 0 Å². The Balaban J connectivity index is 1.53. The van der Waals surface area contributed by atoms with Crippen molar-refractivity contribution in [3.05, 3.63) is 42.0 Å². The van der Waals surface area contributed by atoms with Crippen molar-refractivity contribution in [1.29, 1.82) is 0 Å². The summed E-state index contributed by atoms with van der Waals surface area (Å²) in [7, 11) is 0. The molecule has 0 unspecified atom stereocenters. The van der Waals surface area contributed by atoms with E-state index in [-0.39, 0.29) is 0 Å². The van der Waals surface area contributed by atoms with E-state index < -0.39 is 0 Å². The summed E-state index contributed by atoms with van der Waals surface area (Å²) in [4.78, 5) is 0. The Labute approximate surface area is 120 Å². The molecule has 2 aliphatic rings. The second kappa shape index (κ2) is 4.78. The normalized spacial score (nSPS) is 18.9. The third kappa shape index (κ3) is 2.40. The molecular formula is C18H22N2. The number of fused-ring (bicyclic) bond motifs is 1. The fourth-order valence-electron chi connectivity index (χ4n) is 3.31. The van der Waals surface area contributed by atoms with Crippen LogP contribution in [0.4, 0.5) is 5.69 Å². The van der Waals surface area contributed by atoms with Crippen molar-refractivity contribution in [2.75, 3.05) is 5.73 Å². The lowest BCUT2D eigenvalue weighted by atomic mass is 10.0. The zero-order valence-corrected chi connectivity index (χ0v) is 11.8. The van der Waals surface area contributed by atoms with E-state index >= 15 is 0 Å². The molecule has 0 amide bonds. The highest BCUT2D eigenvalue weighted by Crippen LogP contribution is 2.44. The Morgan fingerprint density at radius 3 is 2.20 bits per heavy atom. The Morgan fingerprint density at radius 1 is 1.00 bits per heavy atom. The van der Waals surface area contributed by atoms with Gasteiger partial charge in [-0.15, -0.1) is 0 Å². The maximum atomic E-state index is 6.22. The summed E-state index contributed by atoms with van der Waals surface area (Å²) in [5.41, 5.74) is 8.38. The predicted octanol–water partition coefficient (Wildman–Crippen LogP) is 3.70. The van der Waals surface area contributed by atoms with E-state index in [1.165, 1.54) is 42.0 Å². The van der Waals surface area contributed by atoms with Crippen LogP contribution in [0, 0.1) is 11.8 Å². The van der Waals surface area contributed by atoms with Gasteiger partial charge in [-0.25, -0.2) is 0 Å². The minimum absolute atomic E-state index is 0.737. The van der Waals surface area contributed by atoms with Crippen LogP contribution in [-0.2, 0) is 6.54 Å². The van der Waals surface area contributed by atoms with Crippen LogP contribution >= 0.6 is 0 Å². The van der Waals surface area contributed by atoms with Crippen LogP contribution in [-0.4, -0.2) is 6.04 Å². The third-order valence-electron chi connectivity index (χ3n) is 4.80. The Hall–Kier alpha value is -1.54. The van der Waals surface area contributed by atoms with Gasteiger partial charge in [-0.1, -0.05) is 24.3 Å². The van der Waals surface area contributed by atoms with Gasteiger partial charge in [-0.2, -0.15) is 0 Å². The molecule has 4 rings (SSSR count). The van der Waals surface area contributed by atoms with Gasteiger partial charge in [-0.3, -0.25) is 0 Å². The highest BCUT2D eigenvalue weighted by atomic mass is 14.9. The van der Waals surface area contributed by atoms with Gasteiger partial charge in [-0.05, 0) is 66.0 Å². The molecule has 104 valence electrons. The van der Waals surface area contributed by atoms with Crippen LogP contribution in [0.3, 0.4) is 0 Å². The SMILES string of the molecule is Nc1cc2ccccc2cc1CNC(C1CC1)C1CC1. The molecule has 0 aromatic heterocycles. The Kier molecular flexibility index (Phi) is 2.92. The van der Waals surface area contributed by atoms with E-state index in [2.05, 4.69) is 41.7 Å². The second-order valence-corrected chi connectivity index (χ2v) is 6.48. The summed E-state index contributed by atoms with van der Waals surface area (Å²) < 4.78 is 0. The number of nitrogens with one attached hydrogen (secondary N) is 1. The minimum atomic E-state index is 0.737. The fraction of sp³-hybridized carbons (Fsp3) is 0.444.